The van der Waals surface area contributed by atoms with Gasteiger partial charge in [0, 0.05) is 40.5 Å². The number of nitrogens with one attached hydrogen (secondary N) is 1. The lowest BCUT2D eigenvalue weighted by molar-refractivity contribution is 0.0955. The highest BCUT2D eigenvalue weighted by Crippen LogP contribution is 2.36. The summed E-state index contributed by atoms with van der Waals surface area (Å²) in [6.07, 6.45) is 3.57. The minimum Gasteiger partial charge on any atom is -0.347 e. The van der Waals surface area contributed by atoms with Crippen LogP contribution in [-0.2, 0) is 13.6 Å². The predicted molar refractivity (Wildman–Crippen MR) is 86.2 cm³/mol. The second-order valence-electron chi connectivity index (χ2n) is 4.59. The number of fused-ring (bicyclic) bond motifs is 1. The van der Waals surface area contributed by atoms with Gasteiger partial charge in [0.2, 0.25) is 0 Å². The van der Waals surface area contributed by atoms with Crippen molar-refractivity contribution in [3.63, 3.8) is 0 Å². The molecule has 1 amide bonds. The molecule has 3 rings (SSSR count). The number of carbonyl (C=O) groups is 1. The Bertz CT molecular complexity index is 825. The SMILES string of the molecule is Cn1cc(CNC(=O)c2sc3cc(Cl)ccc3c2Cl)cn1. The Morgan fingerprint density at radius 2 is 2.24 bits per heavy atom. The van der Waals surface area contributed by atoms with Gasteiger partial charge in [0.1, 0.15) is 4.88 Å². The molecule has 0 aliphatic heterocycles. The molecule has 0 fully saturated rings. The summed E-state index contributed by atoms with van der Waals surface area (Å²) in [6.45, 7) is 0.415. The van der Waals surface area contributed by atoms with Gasteiger partial charge in [-0.2, -0.15) is 5.10 Å². The van der Waals surface area contributed by atoms with E-state index in [-0.39, 0.29) is 5.91 Å². The van der Waals surface area contributed by atoms with E-state index < -0.39 is 0 Å². The molecule has 7 heteroatoms. The lowest BCUT2D eigenvalue weighted by Gasteiger charge is -2.01. The number of hydrogen-bond acceptors (Lipinski definition) is 3. The Kier molecular flexibility index (Phi) is 3.89. The zero-order chi connectivity index (χ0) is 15.0. The molecule has 108 valence electrons. The second-order valence-corrected chi connectivity index (χ2v) is 6.46. The fourth-order valence-electron chi connectivity index (χ4n) is 2.01. The van der Waals surface area contributed by atoms with Crippen LogP contribution in [0, 0.1) is 0 Å². The zero-order valence-corrected chi connectivity index (χ0v) is 13.4. The first-order valence-corrected chi connectivity index (χ1v) is 7.75. The molecule has 1 N–H and O–H groups in total. The molecule has 3 aromatic rings. The summed E-state index contributed by atoms with van der Waals surface area (Å²) in [5.41, 5.74) is 0.936. The Balaban J connectivity index is 1.82. The number of amides is 1. The largest absolute Gasteiger partial charge is 0.347 e. The first-order chi connectivity index (χ1) is 10.0. The average Bonchev–Trinajstić information content (AvgIpc) is 3.00. The minimum absolute atomic E-state index is 0.193. The summed E-state index contributed by atoms with van der Waals surface area (Å²) in [7, 11) is 1.83. The maximum absolute atomic E-state index is 12.3. The van der Waals surface area contributed by atoms with Crippen LogP contribution in [0.2, 0.25) is 10.0 Å². The molecule has 0 atom stereocenters. The van der Waals surface area contributed by atoms with Crippen molar-refractivity contribution in [2.24, 2.45) is 7.05 Å². The third kappa shape index (κ3) is 2.90. The topological polar surface area (TPSA) is 46.9 Å². The van der Waals surface area contributed by atoms with Crippen LogP contribution in [0.5, 0.6) is 0 Å². The van der Waals surface area contributed by atoms with Crippen LogP contribution in [0.15, 0.2) is 30.6 Å². The molecule has 0 bridgehead atoms. The Morgan fingerprint density at radius 1 is 1.43 bits per heavy atom. The molecule has 0 radical (unpaired) electrons. The van der Waals surface area contributed by atoms with Gasteiger partial charge in [0.05, 0.1) is 11.2 Å². The number of aromatic nitrogens is 2. The van der Waals surface area contributed by atoms with Crippen LogP contribution >= 0.6 is 34.5 Å². The Morgan fingerprint density at radius 3 is 2.95 bits per heavy atom. The molecule has 0 saturated carbocycles. The van der Waals surface area contributed by atoms with Crippen molar-refractivity contribution in [3.05, 3.63) is 51.1 Å². The van der Waals surface area contributed by atoms with Crippen LogP contribution in [0.1, 0.15) is 15.2 Å². The highest BCUT2D eigenvalue weighted by Gasteiger charge is 2.17. The fraction of sp³-hybridized carbons (Fsp3) is 0.143. The van der Waals surface area contributed by atoms with Gasteiger partial charge in [0.25, 0.3) is 5.91 Å². The summed E-state index contributed by atoms with van der Waals surface area (Å²) in [4.78, 5) is 12.8. The molecule has 0 aliphatic carbocycles. The van der Waals surface area contributed by atoms with Gasteiger partial charge in [-0.1, -0.05) is 29.3 Å². The Labute approximate surface area is 135 Å². The van der Waals surface area contributed by atoms with E-state index >= 15 is 0 Å². The number of hydrogen-bond donors (Lipinski definition) is 1. The van der Waals surface area contributed by atoms with Crippen LogP contribution < -0.4 is 5.32 Å². The van der Waals surface area contributed by atoms with Gasteiger partial charge in [0.15, 0.2) is 0 Å². The first kappa shape index (κ1) is 14.4. The quantitative estimate of drug-likeness (QED) is 0.787. The minimum atomic E-state index is -0.193. The molecular formula is C14H11Cl2N3OS. The molecule has 4 nitrogen and oxygen atoms in total. The van der Waals surface area contributed by atoms with Gasteiger partial charge in [-0.05, 0) is 12.1 Å². The van der Waals surface area contributed by atoms with Crippen molar-refractivity contribution in [2.75, 3.05) is 0 Å². The zero-order valence-electron chi connectivity index (χ0n) is 11.1. The number of nitrogens with zero attached hydrogens (tertiary/aromatic N) is 2. The van der Waals surface area contributed by atoms with Gasteiger partial charge < -0.3 is 5.32 Å². The molecule has 0 aliphatic rings. The molecule has 1 aromatic carbocycles. The van der Waals surface area contributed by atoms with Gasteiger partial charge in [-0.15, -0.1) is 11.3 Å². The first-order valence-electron chi connectivity index (χ1n) is 6.18. The van der Waals surface area contributed by atoms with Crippen molar-refractivity contribution < 1.29 is 4.79 Å². The molecule has 0 unspecified atom stereocenters. The summed E-state index contributed by atoms with van der Waals surface area (Å²) < 4.78 is 2.59. The van der Waals surface area contributed by atoms with E-state index in [2.05, 4.69) is 10.4 Å². The number of aryl methyl sites for hydroxylation is 1. The van der Waals surface area contributed by atoms with E-state index in [1.807, 2.05) is 25.4 Å². The molecular weight excluding hydrogens is 329 g/mol. The highest BCUT2D eigenvalue weighted by molar-refractivity contribution is 7.21. The van der Waals surface area contributed by atoms with E-state index in [0.717, 1.165) is 15.6 Å². The molecule has 0 spiro atoms. The lowest BCUT2D eigenvalue weighted by atomic mass is 10.2. The van der Waals surface area contributed by atoms with E-state index in [0.29, 0.717) is 21.5 Å². The van der Waals surface area contributed by atoms with Crippen molar-refractivity contribution >= 4 is 50.5 Å². The van der Waals surface area contributed by atoms with Gasteiger partial charge >= 0.3 is 0 Å². The number of rotatable bonds is 3. The summed E-state index contributed by atoms with van der Waals surface area (Å²) in [5.74, 6) is -0.193. The predicted octanol–water partition coefficient (Wildman–Crippen LogP) is 3.87. The van der Waals surface area contributed by atoms with Gasteiger partial charge in [-0.25, -0.2) is 0 Å². The molecule has 2 aromatic heterocycles. The molecule has 21 heavy (non-hydrogen) atoms. The number of benzene rings is 1. The van der Waals surface area contributed by atoms with Crippen molar-refractivity contribution in [1.82, 2.24) is 15.1 Å². The molecule has 2 heterocycles. The summed E-state index contributed by atoms with van der Waals surface area (Å²) in [5, 5.41) is 8.84. The van der Waals surface area contributed by atoms with Crippen LogP contribution in [0.3, 0.4) is 0 Å². The third-order valence-electron chi connectivity index (χ3n) is 3.01. The average molecular weight is 340 g/mol. The fourth-order valence-corrected chi connectivity index (χ4v) is 3.72. The van der Waals surface area contributed by atoms with Crippen molar-refractivity contribution in [3.8, 4) is 0 Å². The smallest absolute Gasteiger partial charge is 0.263 e. The second kappa shape index (κ2) is 5.67. The highest BCUT2D eigenvalue weighted by atomic mass is 35.5. The van der Waals surface area contributed by atoms with Crippen LogP contribution in [0.4, 0.5) is 0 Å². The maximum Gasteiger partial charge on any atom is 0.263 e. The van der Waals surface area contributed by atoms with Crippen LogP contribution in [-0.4, -0.2) is 15.7 Å². The number of thiophene rings is 1. The summed E-state index contributed by atoms with van der Waals surface area (Å²) in [6, 6.07) is 5.40. The number of carbonyl (C=O) groups excluding carboxylic acids is 1. The van der Waals surface area contributed by atoms with Crippen molar-refractivity contribution in [1.29, 1.82) is 0 Å². The van der Waals surface area contributed by atoms with E-state index in [9.17, 15) is 4.79 Å². The normalized spacial score (nSPS) is 11.0. The number of halogens is 2. The Hall–Kier alpha value is -1.56. The monoisotopic (exact) mass is 339 g/mol. The standard InChI is InChI=1S/C14H11Cl2N3OS/c1-19-7-8(6-18-19)5-17-14(20)13-12(16)10-3-2-9(15)4-11(10)21-13/h2-4,6-7H,5H2,1H3,(H,17,20). The van der Waals surface area contributed by atoms with E-state index in [1.54, 1.807) is 16.9 Å². The summed E-state index contributed by atoms with van der Waals surface area (Å²) >= 11 is 13.6. The molecule has 0 saturated heterocycles. The van der Waals surface area contributed by atoms with Gasteiger partial charge in [-0.3, -0.25) is 9.48 Å². The third-order valence-corrected chi connectivity index (χ3v) is 4.90. The van der Waals surface area contributed by atoms with Crippen molar-refractivity contribution in [2.45, 2.75) is 6.54 Å². The van der Waals surface area contributed by atoms with E-state index in [1.165, 1.54) is 11.3 Å². The maximum atomic E-state index is 12.3. The van der Waals surface area contributed by atoms with E-state index in [4.69, 9.17) is 23.2 Å². The van der Waals surface area contributed by atoms with Crippen LogP contribution in [0.25, 0.3) is 10.1 Å². The lowest BCUT2D eigenvalue weighted by Crippen LogP contribution is -2.21.